The van der Waals surface area contributed by atoms with Gasteiger partial charge in [-0.3, -0.25) is 9.69 Å². The average molecular weight is 473 g/mol. The quantitative estimate of drug-likeness (QED) is 0.600. The van der Waals surface area contributed by atoms with Crippen LogP contribution in [0.1, 0.15) is 25.3 Å². The first-order valence-electron chi connectivity index (χ1n) is 11.1. The van der Waals surface area contributed by atoms with Crippen LogP contribution >= 0.6 is 0 Å². The van der Waals surface area contributed by atoms with Gasteiger partial charge in [-0.05, 0) is 55.7 Å². The van der Waals surface area contributed by atoms with Gasteiger partial charge in [-0.15, -0.1) is 0 Å². The van der Waals surface area contributed by atoms with Crippen LogP contribution in [-0.4, -0.2) is 57.4 Å². The fraction of sp³-hybridized carbons (Fsp3) is 0.417. The maximum absolute atomic E-state index is 13.5. The molecular formula is C24H28N2O6S. The van der Waals surface area contributed by atoms with Crippen molar-refractivity contribution in [2.45, 2.75) is 37.1 Å². The third-order valence-electron chi connectivity index (χ3n) is 6.26. The van der Waals surface area contributed by atoms with Gasteiger partial charge in [0.2, 0.25) is 15.9 Å². The van der Waals surface area contributed by atoms with E-state index in [-0.39, 0.29) is 29.8 Å². The molecule has 1 saturated heterocycles. The summed E-state index contributed by atoms with van der Waals surface area (Å²) in [4.78, 5) is 27.6. The number of hydrogen-bond donors (Lipinski definition) is 0. The zero-order valence-corrected chi connectivity index (χ0v) is 19.6. The summed E-state index contributed by atoms with van der Waals surface area (Å²) in [6, 6.07) is 13.1. The van der Waals surface area contributed by atoms with Gasteiger partial charge in [-0.2, -0.15) is 4.31 Å². The molecule has 0 aliphatic carbocycles. The number of hydrogen-bond acceptors (Lipinski definition) is 6. The van der Waals surface area contributed by atoms with Crippen molar-refractivity contribution in [1.82, 2.24) is 4.31 Å². The molecule has 1 atom stereocenters. The lowest BCUT2D eigenvalue weighted by Gasteiger charge is -2.34. The molecular weight excluding hydrogens is 444 g/mol. The topological polar surface area (TPSA) is 93.2 Å². The number of nitrogens with zero attached hydrogens (tertiary/aromatic N) is 2. The zero-order valence-electron chi connectivity index (χ0n) is 18.8. The van der Waals surface area contributed by atoms with Crippen molar-refractivity contribution in [2.24, 2.45) is 5.92 Å². The van der Waals surface area contributed by atoms with Gasteiger partial charge in [0.1, 0.15) is 11.8 Å². The Balaban J connectivity index is 1.47. The molecule has 2 aromatic rings. The Kier molecular flexibility index (Phi) is 6.71. The number of carbonyl (C=O) groups is 2. The van der Waals surface area contributed by atoms with Crippen LogP contribution in [0.3, 0.4) is 0 Å². The number of benzene rings is 2. The SMILES string of the molecule is CCOc1ccc(S(=O)(=O)N2CCC(C(=O)N3c4ccccc4CC3C(=O)OC)CC2)cc1. The number of piperidine rings is 1. The van der Waals surface area contributed by atoms with Crippen LogP contribution in [0.15, 0.2) is 53.4 Å². The van der Waals surface area contributed by atoms with Gasteiger partial charge in [0.15, 0.2) is 0 Å². The highest BCUT2D eigenvalue weighted by Crippen LogP contribution is 2.36. The smallest absolute Gasteiger partial charge is 0.329 e. The van der Waals surface area contributed by atoms with Gasteiger partial charge < -0.3 is 9.47 Å². The van der Waals surface area contributed by atoms with Crippen LogP contribution in [0.4, 0.5) is 5.69 Å². The third kappa shape index (κ3) is 4.47. The van der Waals surface area contributed by atoms with Crippen LogP contribution in [-0.2, 0) is 30.8 Å². The number of anilines is 1. The molecule has 0 bridgehead atoms. The molecule has 8 nitrogen and oxygen atoms in total. The number of fused-ring (bicyclic) bond motifs is 1. The molecule has 2 heterocycles. The van der Waals surface area contributed by atoms with E-state index in [4.69, 9.17) is 9.47 Å². The summed E-state index contributed by atoms with van der Waals surface area (Å²) in [5.74, 6) is -0.356. The largest absolute Gasteiger partial charge is 0.494 e. The maximum Gasteiger partial charge on any atom is 0.329 e. The van der Waals surface area contributed by atoms with E-state index < -0.39 is 22.0 Å². The highest BCUT2D eigenvalue weighted by molar-refractivity contribution is 7.89. The van der Waals surface area contributed by atoms with Crippen LogP contribution in [0.5, 0.6) is 5.75 Å². The molecule has 176 valence electrons. The van der Waals surface area contributed by atoms with Crippen molar-refractivity contribution in [2.75, 3.05) is 31.7 Å². The van der Waals surface area contributed by atoms with Crippen molar-refractivity contribution in [3.63, 3.8) is 0 Å². The Bertz CT molecular complexity index is 1120. The third-order valence-corrected chi connectivity index (χ3v) is 8.18. The lowest BCUT2D eigenvalue weighted by atomic mass is 9.96. The Hall–Kier alpha value is -2.91. The molecule has 0 saturated carbocycles. The number of esters is 1. The minimum Gasteiger partial charge on any atom is -0.494 e. The van der Waals surface area contributed by atoms with E-state index in [1.165, 1.54) is 11.4 Å². The van der Waals surface area contributed by atoms with Gasteiger partial charge in [0, 0.05) is 31.1 Å². The van der Waals surface area contributed by atoms with Crippen molar-refractivity contribution >= 4 is 27.6 Å². The molecule has 1 unspecified atom stereocenters. The standard InChI is InChI=1S/C24H28N2O6S/c1-3-32-19-8-10-20(11-9-19)33(29,30)25-14-12-17(13-15-25)23(27)26-21-7-5-4-6-18(21)16-22(26)24(28)31-2/h4-11,17,22H,3,12-16H2,1-2H3. The molecule has 0 radical (unpaired) electrons. The first-order chi connectivity index (χ1) is 15.9. The van der Waals surface area contributed by atoms with E-state index in [1.807, 2.05) is 31.2 Å². The number of sulfonamides is 1. The van der Waals surface area contributed by atoms with Crippen molar-refractivity contribution < 1.29 is 27.5 Å². The lowest BCUT2D eigenvalue weighted by molar-refractivity contribution is -0.143. The Morgan fingerprint density at radius 1 is 1.03 bits per heavy atom. The van der Waals surface area contributed by atoms with Gasteiger partial charge in [0.25, 0.3) is 0 Å². The van der Waals surface area contributed by atoms with Gasteiger partial charge in [-0.25, -0.2) is 13.2 Å². The summed E-state index contributed by atoms with van der Waals surface area (Å²) in [5.41, 5.74) is 1.65. The number of carbonyl (C=O) groups excluding carboxylic acids is 2. The first-order valence-corrected chi connectivity index (χ1v) is 12.5. The van der Waals surface area contributed by atoms with Gasteiger partial charge >= 0.3 is 5.97 Å². The molecule has 2 aromatic carbocycles. The van der Waals surface area contributed by atoms with Crippen LogP contribution in [0.2, 0.25) is 0 Å². The Morgan fingerprint density at radius 2 is 1.70 bits per heavy atom. The van der Waals surface area contributed by atoms with Crippen LogP contribution in [0, 0.1) is 5.92 Å². The highest BCUT2D eigenvalue weighted by Gasteiger charge is 2.42. The summed E-state index contributed by atoms with van der Waals surface area (Å²) < 4.78 is 37.9. The average Bonchev–Trinajstić information content (AvgIpc) is 3.23. The van der Waals surface area contributed by atoms with Crippen molar-refractivity contribution in [1.29, 1.82) is 0 Å². The Labute approximate surface area is 194 Å². The molecule has 0 aromatic heterocycles. The van der Waals surface area contributed by atoms with Crippen molar-refractivity contribution in [3.05, 3.63) is 54.1 Å². The predicted molar refractivity (Wildman–Crippen MR) is 123 cm³/mol. The minimum absolute atomic E-state index is 0.159. The van der Waals surface area contributed by atoms with Crippen LogP contribution < -0.4 is 9.64 Å². The summed E-state index contributed by atoms with van der Waals surface area (Å²) in [6.45, 7) is 2.85. The number of amides is 1. The van der Waals surface area contributed by atoms with Gasteiger partial charge in [0.05, 0.1) is 18.6 Å². The molecule has 2 aliphatic rings. The number of rotatable bonds is 6. The normalized spacial score (nSPS) is 19.2. The molecule has 1 amide bonds. The number of para-hydroxylation sites is 1. The second kappa shape index (κ2) is 9.52. The molecule has 2 aliphatic heterocycles. The van der Waals surface area contributed by atoms with Crippen molar-refractivity contribution in [3.8, 4) is 5.75 Å². The summed E-state index contributed by atoms with van der Waals surface area (Å²) in [5, 5.41) is 0. The molecule has 1 fully saturated rings. The number of ether oxygens (including phenoxy) is 2. The molecule has 9 heteroatoms. The van der Waals surface area contributed by atoms with E-state index >= 15 is 0 Å². The fourth-order valence-electron chi connectivity index (χ4n) is 4.55. The fourth-order valence-corrected chi connectivity index (χ4v) is 6.02. The predicted octanol–water partition coefficient (Wildman–Crippen LogP) is 2.62. The number of methoxy groups -OCH3 is 1. The van der Waals surface area contributed by atoms with E-state index in [0.717, 1.165) is 11.3 Å². The summed E-state index contributed by atoms with van der Waals surface area (Å²) in [6.07, 6.45) is 1.20. The first kappa shape index (κ1) is 23.3. The molecule has 33 heavy (non-hydrogen) atoms. The second-order valence-corrected chi connectivity index (χ2v) is 10.1. The highest BCUT2D eigenvalue weighted by atomic mass is 32.2. The Morgan fingerprint density at radius 3 is 2.33 bits per heavy atom. The summed E-state index contributed by atoms with van der Waals surface area (Å²) in [7, 11) is -2.34. The lowest BCUT2D eigenvalue weighted by Crippen LogP contribution is -2.49. The second-order valence-electron chi connectivity index (χ2n) is 8.16. The summed E-state index contributed by atoms with van der Waals surface area (Å²) >= 11 is 0. The van der Waals surface area contributed by atoms with Gasteiger partial charge in [-0.1, -0.05) is 18.2 Å². The van der Waals surface area contributed by atoms with E-state index in [1.54, 1.807) is 29.2 Å². The molecule has 4 rings (SSSR count). The monoisotopic (exact) mass is 472 g/mol. The van der Waals surface area contributed by atoms with E-state index in [0.29, 0.717) is 31.6 Å². The van der Waals surface area contributed by atoms with E-state index in [2.05, 4.69) is 0 Å². The van der Waals surface area contributed by atoms with E-state index in [9.17, 15) is 18.0 Å². The molecule has 0 N–H and O–H groups in total. The zero-order chi connectivity index (χ0) is 23.6. The maximum atomic E-state index is 13.5. The minimum atomic E-state index is -3.66. The van der Waals surface area contributed by atoms with Crippen LogP contribution in [0.25, 0.3) is 0 Å². The molecule has 0 spiro atoms.